The maximum atomic E-state index is 3.72. The summed E-state index contributed by atoms with van der Waals surface area (Å²) in [4.78, 5) is 0. The van der Waals surface area contributed by atoms with E-state index in [1.807, 2.05) is 0 Å². The zero-order chi connectivity index (χ0) is 26.4. The van der Waals surface area contributed by atoms with E-state index in [-0.39, 0.29) is 0 Å². The molecule has 0 spiro atoms. The Bertz CT molecular complexity index is 354. The first-order valence-electron chi connectivity index (χ1n) is 16.7. The smallest absolute Gasteiger partial charge is 0.0569 e. The Balaban J connectivity index is 3.51. The van der Waals surface area contributed by atoms with Gasteiger partial charge in [0.15, 0.2) is 0 Å². The van der Waals surface area contributed by atoms with Gasteiger partial charge in [0, 0.05) is 13.1 Å². The Morgan fingerprint density at radius 1 is 0.306 bits per heavy atom. The van der Waals surface area contributed by atoms with Crippen LogP contribution in [0.25, 0.3) is 0 Å². The molecule has 4 N–H and O–H groups in total. The highest BCUT2D eigenvalue weighted by atomic mass is 15.2. The fraction of sp³-hybridized carbons (Fsp3) is 1.00. The summed E-state index contributed by atoms with van der Waals surface area (Å²) in [5, 5.41) is 14.8. The molecule has 4 heteroatoms. The Morgan fingerprint density at radius 3 is 0.833 bits per heavy atom. The van der Waals surface area contributed by atoms with E-state index in [0.717, 1.165) is 39.0 Å². The third-order valence-electron chi connectivity index (χ3n) is 7.57. The Labute approximate surface area is 228 Å². The molecule has 0 aliphatic carbocycles. The maximum Gasteiger partial charge on any atom is 0.0569 e. The molecule has 0 heterocycles. The van der Waals surface area contributed by atoms with Gasteiger partial charge in [-0.2, -0.15) is 0 Å². The second-order valence-electron chi connectivity index (χ2n) is 11.1. The lowest BCUT2D eigenvalue weighted by Gasteiger charge is -2.22. The molecule has 36 heavy (non-hydrogen) atoms. The number of rotatable bonds is 31. The number of nitrogens with one attached hydrogen (secondary N) is 4. The molecule has 0 aromatic carbocycles. The van der Waals surface area contributed by atoms with Crippen molar-refractivity contribution in [2.45, 2.75) is 181 Å². The molecule has 0 amide bonds. The van der Waals surface area contributed by atoms with Crippen LogP contribution >= 0.6 is 0 Å². The molecule has 218 valence electrons. The normalized spacial score (nSPS) is 13.3. The third kappa shape index (κ3) is 26.9. The molecular formula is C32H70N4. The van der Waals surface area contributed by atoms with Gasteiger partial charge in [0.25, 0.3) is 0 Å². The van der Waals surface area contributed by atoms with Crippen LogP contribution in [0.4, 0.5) is 0 Å². The van der Waals surface area contributed by atoms with Gasteiger partial charge in [-0.15, -0.1) is 0 Å². The van der Waals surface area contributed by atoms with Gasteiger partial charge in [-0.25, -0.2) is 0 Å². The van der Waals surface area contributed by atoms with Crippen molar-refractivity contribution in [3.8, 4) is 0 Å². The van der Waals surface area contributed by atoms with Crippen LogP contribution in [-0.4, -0.2) is 38.5 Å². The molecule has 0 rings (SSSR count). The van der Waals surface area contributed by atoms with Gasteiger partial charge in [-0.1, -0.05) is 143 Å². The summed E-state index contributed by atoms with van der Waals surface area (Å²) in [6, 6.07) is 0. The Morgan fingerprint density at radius 2 is 0.556 bits per heavy atom. The SMILES string of the molecule is CCCCCCCCCCCCNC(CC)NCCNC(CC)NCCCCCCCCCCCC. The van der Waals surface area contributed by atoms with Crippen molar-refractivity contribution in [2.75, 3.05) is 26.2 Å². The Kier molecular flexibility index (Phi) is 30.9. The fourth-order valence-electron chi connectivity index (χ4n) is 4.99. The lowest BCUT2D eigenvalue weighted by atomic mass is 10.1. The van der Waals surface area contributed by atoms with Crippen molar-refractivity contribution < 1.29 is 0 Å². The molecule has 0 fully saturated rings. The van der Waals surface area contributed by atoms with E-state index in [1.165, 1.54) is 128 Å². The van der Waals surface area contributed by atoms with Crippen LogP contribution in [0.1, 0.15) is 169 Å². The van der Waals surface area contributed by atoms with E-state index in [4.69, 9.17) is 0 Å². The average Bonchev–Trinajstić information content (AvgIpc) is 2.90. The maximum absolute atomic E-state index is 3.72. The molecule has 0 aromatic rings. The standard InChI is InChI=1S/C32H70N4/c1-5-9-11-13-15-17-19-21-23-25-27-33-31(7-3)35-29-30-36-32(8-4)34-28-26-24-22-20-18-16-14-12-10-6-2/h31-36H,5-30H2,1-4H3. The van der Waals surface area contributed by atoms with E-state index >= 15 is 0 Å². The minimum Gasteiger partial charge on any atom is -0.302 e. The first-order valence-corrected chi connectivity index (χ1v) is 16.7. The summed E-state index contributed by atoms with van der Waals surface area (Å²) in [5.74, 6) is 0. The molecular weight excluding hydrogens is 440 g/mol. The van der Waals surface area contributed by atoms with E-state index in [0.29, 0.717) is 12.3 Å². The summed E-state index contributed by atoms with van der Waals surface area (Å²) in [5.41, 5.74) is 0. The van der Waals surface area contributed by atoms with Crippen molar-refractivity contribution >= 4 is 0 Å². The molecule has 2 unspecified atom stereocenters. The van der Waals surface area contributed by atoms with E-state index in [9.17, 15) is 0 Å². The number of hydrogen-bond donors (Lipinski definition) is 4. The van der Waals surface area contributed by atoms with Crippen molar-refractivity contribution in [2.24, 2.45) is 0 Å². The highest BCUT2D eigenvalue weighted by molar-refractivity contribution is 4.67. The average molecular weight is 511 g/mol. The molecule has 0 radical (unpaired) electrons. The summed E-state index contributed by atoms with van der Waals surface area (Å²) in [7, 11) is 0. The molecule has 0 aromatic heterocycles. The van der Waals surface area contributed by atoms with Crippen molar-refractivity contribution in [1.82, 2.24) is 21.3 Å². The van der Waals surface area contributed by atoms with Crippen LogP contribution in [0.2, 0.25) is 0 Å². The molecule has 0 aliphatic rings. The van der Waals surface area contributed by atoms with Gasteiger partial charge in [0.05, 0.1) is 12.3 Å². The molecule has 4 nitrogen and oxygen atoms in total. The van der Waals surface area contributed by atoms with Crippen LogP contribution in [0, 0.1) is 0 Å². The summed E-state index contributed by atoms with van der Waals surface area (Å²) < 4.78 is 0. The minimum absolute atomic E-state index is 0.449. The van der Waals surface area contributed by atoms with Crippen LogP contribution < -0.4 is 21.3 Å². The summed E-state index contributed by atoms with van der Waals surface area (Å²) in [6.45, 7) is 13.5. The number of unbranched alkanes of at least 4 members (excludes halogenated alkanes) is 18. The van der Waals surface area contributed by atoms with Crippen molar-refractivity contribution in [3.63, 3.8) is 0 Å². The monoisotopic (exact) mass is 511 g/mol. The predicted molar refractivity (Wildman–Crippen MR) is 164 cm³/mol. The van der Waals surface area contributed by atoms with Gasteiger partial charge in [-0.05, 0) is 38.8 Å². The van der Waals surface area contributed by atoms with Crippen LogP contribution in [-0.2, 0) is 0 Å². The van der Waals surface area contributed by atoms with Gasteiger partial charge in [0.2, 0.25) is 0 Å². The number of hydrogen-bond acceptors (Lipinski definition) is 4. The molecule has 0 bridgehead atoms. The van der Waals surface area contributed by atoms with E-state index in [2.05, 4.69) is 49.0 Å². The largest absolute Gasteiger partial charge is 0.302 e. The Hall–Kier alpha value is -0.160. The van der Waals surface area contributed by atoms with Crippen LogP contribution in [0.15, 0.2) is 0 Å². The molecule has 0 aliphatic heterocycles. The molecule has 0 saturated heterocycles. The lowest BCUT2D eigenvalue weighted by Crippen LogP contribution is -2.48. The first kappa shape index (κ1) is 35.8. The second kappa shape index (κ2) is 31.1. The minimum atomic E-state index is 0.449. The summed E-state index contributed by atoms with van der Waals surface area (Å²) >= 11 is 0. The van der Waals surface area contributed by atoms with Crippen molar-refractivity contribution in [3.05, 3.63) is 0 Å². The highest BCUT2D eigenvalue weighted by Gasteiger charge is 2.06. The molecule has 0 saturated carbocycles. The zero-order valence-electron chi connectivity index (χ0n) is 25.5. The summed E-state index contributed by atoms with van der Waals surface area (Å²) in [6.07, 6.45) is 31.3. The molecule has 2 atom stereocenters. The van der Waals surface area contributed by atoms with Gasteiger partial charge in [0.1, 0.15) is 0 Å². The third-order valence-corrected chi connectivity index (χ3v) is 7.57. The van der Waals surface area contributed by atoms with Gasteiger partial charge in [-0.3, -0.25) is 0 Å². The highest BCUT2D eigenvalue weighted by Crippen LogP contribution is 2.11. The quantitative estimate of drug-likeness (QED) is 0.0556. The van der Waals surface area contributed by atoms with E-state index in [1.54, 1.807) is 0 Å². The van der Waals surface area contributed by atoms with Crippen LogP contribution in [0.3, 0.4) is 0 Å². The van der Waals surface area contributed by atoms with E-state index < -0.39 is 0 Å². The lowest BCUT2D eigenvalue weighted by molar-refractivity contribution is 0.373. The first-order chi connectivity index (χ1) is 17.8. The predicted octanol–water partition coefficient (Wildman–Crippen LogP) is 8.66. The second-order valence-corrected chi connectivity index (χ2v) is 11.1. The van der Waals surface area contributed by atoms with Crippen molar-refractivity contribution in [1.29, 1.82) is 0 Å². The zero-order valence-corrected chi connectivity index (χ0v) is 25.5. The fourth-order valence-corrected chi connectivity index (χ4v) is 4.99. The van der Waals surface area contributed by atoms with Gasteiger partial charge >= 0.3 is 0 Å². The van der Waals surface area contributed by atoms with Crippen LogP contribution in [0.5, 0.6) is 0 Å². The topological polar surface area (TPSA) is 48.1 Å². The van der Waals surface area contributed by atoms with Gasteiger partial charge < -0.3 is 21.3 Å².